The lowest BCUT2D eigenvalue weighted by Crippen LogP contribution is -2.41. The molecule has 1 aliphatic rings. The monoisotopic (exact) mass is 382 g/mol. The Morgan fingerprint density at radius 1 is 1.18 bits per heavy atom. The third kappa shape index (κ3) is 5.89. The normalized spacial score (nSPS) is 16.5. The van der Waals surface area contributed by atoms with E-state index in [0.29, 0.717) is 6.54 Å². The predicted molar refractivity (Wildman–Crippen MR) is 115 cm³/mol. The molecule has 0 bridgehead atoms. The quantitative estimate of drug-likeness (QED) is 0.719. The summed E-state index contributed by atoms with van der Waals surface area (Å²) in [5.41, 5.74) is 3.13. The van der Waals surface area contributed by atoms with Crippen LogP contribution in [0.25, 0.3) is 0 Å². The molecule has 28 heavy (non-hydrogen) atoms. The molecule has 0 aliphatic carbocycles. The maximum atomic E-state index is 12.1. The first-order chi connectivity index (χ1) is 13.6. The number of para-hydroxylation sites is 1. The Labute approximate surface area is 167 Å². The molecule has 1 atom stereocenters. The van der Waals surface area contributed by atoms with Crippen LogP contribution in [0.1, 0.15) is 13.3 Å². The van der Waals surface area contributed by atoms with Crippen LogP contribution < -0.4 is 20.4 Å². The first-order valence-corrected chi connectivity index (χ1v) is 9.89. The van der Waals surface area contributed by atoms with Crippen molar-refractivity contribution >= 4 is 23.1 Å². The van der Waals surface area contributed by atoms with Crippen molar-refractivity contribution in [3.05, 3.63) is 54.6 Å². The number of amides is 2. The van der Waals surface area contributed by atoms with Crippen LogP contribution in [0, 0.1) is 0 Å². The number of carbonyl (C=O) groups excluding carboxylic acids is 1. The maximum absolute atomic E-state index is 12.1. The number of nitrogens with zero attached hydrogens (tertiary/aromatic N) is 2. The van der Waals surface area contributed by atoms with E-state index in [2.05, 4.69) is 46.5 Å². The van der Waals surface area contributed by atoms with Crippen LogP contribution in [0.2, 0.25) is 0 Å². The van der Waals surface area contributed by atoms with Gasteiger partial charge >= 0.3 is 6.03 Å². The number of rotatable bonds is 7. The Hall–Kier alpha value is -2.73. The van der Waals surface area contributed by atoms with Gasteiger partial charge in [-0.3, -0.25) is 0 Å². The molecular formula is C22H30N4O2. The Balaban J connectivity index is 1.37. The molecule has 0 radical (unpaired) electrons. The van der Waals surface area contributed by atoms with Crippen LogP contribution in [-0.2, 0) is 4.74 Å². The van der Waals surface area contributed by atoms with E-state index in [1.807, 2.05) is 42.5 Å². The number of carbonyl (C=O) groups is 1. The maximum Gasteiger partial charge on any atom is 0.319 e. The Kier molecular flexibility index (Phi) is 7.14. The van der Waals surface area contributed by atoms with Crippen molar-refractivity contribution in [2.75, 3.05) is 55.0 Å². The third-order valence-corrected chi connectivity index (χ3v) is 4.88. The van der Waals surface area contributed by atoms with Crippen LogP contribution >= 0.6 is 0 Å². The van der Waals surface area contributed by atoms with Crippen molar-refractivity contribution in [2.24, 2.45) is 0 Å². The summed E-state index contributed by atoms with van der Waals surface area (Å²) in [6, 6.07) is 18.0. The zero-order chi connectivity index (χ0) is 19.8. The lowest BCUT2D eigenvalue weighted by atomic mass is 10.2. The summed E-state index contributed by atoms with van der Waals surface area (Å²) in [6.45, 7) is 6.15. The standard InChI is InChI=1S/C22H30N4O2/c1-18-17-26(15-16-28-18)21-11-9-19(10-12-21)24-22(27)23-13-6-14-25(2)20-7-4-3-5-8-20/h3-5,7-12,18H,6,13-17H2,1-2H3,(H2,23,24,27). The van der Waals surface area contributed by atoms with E-state index in [1.54, 1.807) is 0 Å². The number of anilines is 3. The molecular weight excluding hydrogens is 352 g/mol. The highest BCUT2D eigenvalue weighted by Crippen LogP contribution is 2.20. The molecule has 2 amide bonds. The molecule has 150 valence electrons. The first-order valence-electron chi connectivity index (χ1n) is 9.89. The van der Waals surface area contributed by atoms with E-state index >= 15 is 0 Å². The first kappa shape index (κ1) is 20.0. The molecule has 0 saturated carbocycles. The zero-order valence-corrected chi connectivity index (χ0v) is 16.7. The molecule has 1 fully saturated rings. The fourth-order valence-electron chi connectivity index (χ4n) is 3.31. The van der Waals surface area contributed by atoms with Crippen molar-refractivity contribution in [2.45, 2.75) is 19.4 Å². The molecule has 3 rings (SSSR count). The fourth-order valence-corrected chi connectivity index (χ4v) is 3.31. The van der Waals surface area contributed by atoms with Gasteiger partial charge in [0.2, 0.25) is 0 Å². The number of hydrogen-bond acceptors (Lipinski definition) is 4. The molecule has 2 N–H and O–H groups in total. The van der Waals surface area contributed by atoms with Crippen molar-refractivity contribution in [1.29, 1.82) is 0 Å². The summed E-state index contributed by atoms with van der Waals surface area (Å²) in [7, 11) is 2.06. The minimum Gasteiger partial charge on any atom is -0.375 e. The number of urea groups is 1. The SMILES string of the molecule is CC1CN(c2ccc(NC(=O)NCCCN(C)c3ccccc3)cc2)CCO1. The molecule has 6 heteroatoms. The molecule has 1 unspecified atom stereocenters. The Bertz CT molecular complexity index is 736. The number of hydrogen-bond donors (Lipinski definition) is 2. The minimum absolute atomic E-state index is 0.171. The molecule has 1 aliphatic heterocycles. The molecule has 0 spiro atoms. The smallest absolute Gasteiger partial charge is 0.319 e. The number of ether oxygens (including phenoxy) is 1. The van der Waals surface area contributed by atoms with Crippen molar-refractivity contribution in [3.63, 3.8) is 0 Å². The highest BCUT2D eigenvalue weighted by atomic mass is 16.5. The van der Waals surface area contributed by atoms with Gasteiger partial charge in [0.1, 0.15) is 0 Å². The van der Waals surface area contributed by atoms with Crippen LogP contribution in [-0.4, -0.2) is 52.0 Å². The molecule has 2 aromatic rings. The summed E-state index contributed by atoms with van der Waals surface area (Å²) >= 11 is 0. The van der Waals surface area contributed by atoms with Gasteiger partial charge in [-0.2, -0.15) is 0 Å². The highest BCUT2D eigenvalue weighted by Gasteiger charge is 2.16. The van der Waals surface area contributed by atoms with Gasteiger partial charge in [-0.05, 0) is 49.7 Å². The second-order valence-electron chi connectivity index (χ2n) is 7.17. The van der Waals surface area contributed by atoms with Crippen LogP contribution in [0.4, 0.5) is 21.9 Å². The zero-order valence-electron chi connectivity index (χ0n) is 16.7. The van der Waals surface area contributed by atoms with E-state index in [-0.39, 0.29) is 12.1 Å². The molecule has 1 saturated heterocycles. The molecule has 6 nitrogen and oxygen atoms in total. The average molecular weight is 383 g/mol. The number of morpholine rings is 1. The number of benzene rings is 2. The summed E-state index contributed by atoms with van der Waals surface area (Å²) in [6.07, 6.45) is 1.13. The topological polar surface area (TPSA) is 56.8 Å². The van der Waals surface area contributed by atoms with Gasteiger partial charge in [0.15, 0.2) is 0 Å². The van der Waals surface area contributed by atoms with Gasteiger partial charge in [0.05, 0.1) is 12.7 Å². The van der Waals surface area contributed by atoms with Gasteiger partial charge in [-0.25, -0.2) is 4.79 Å². The molecule has 1 heterocycles. The summed E-state index contributed by atoms with van der Waals surface area (Å²) < 4.78 is 5.58. The van der Waals surface area contributed by atoms with Crippen molar-refractivity contribution < 1.29 is 9.53 Å². The van der Waals surface area contributed by atoms with E-state index < -0.39 is 0 Å². The third-order valence-electron chi connectivity index (χ3n) is 4.88. The largest absolute Gasteiger partial charge is 0.375 e. The van der Waals surface area contributed by atoms with Gasteiger partial charge in [-0.15, -0.1) is 0 Å². The lowest BCUT2D eigenvalue weighted by molar-refractivity contribution is 0.0532. The molecule has 2 aromatic carbocycles. The van der Waals surface area contributed by atoms with Crippen molar-refractivity contribution in [1.82, 2.24) is 5.32 Å². The van der Waals surface area contributed by atoms with E-state index in [1.165, 1.54) is 5.69 Å². The minimum atomic E-state index is -0.171. The Morgan fingerprint density at radius 2 is 1.93 bits per heavy atom. The van der Waals surface area contributed by atoms with Crippen molar-refractivity contribution in [3.8, 4) is 0 Å². The number of nitrogens with one attached hydrogen (secondary N) is 2. The molecule has 0 aromatic heterocycles. The van der Waals surface area contributed by atoms with Crippen LogP contribution in [0.5, 0.6) is 0 Å². The lowest BCUT2D eigenvalue weighted by Gasteiger charge is -2.33. The Morgan fingerprint density at radius 3 is 2.64 bits per heavy atom. The second-order valence-corrected chi connectivity index (χ2v) is 7.17. The van der Waals surface area contributed by atoms with E-state index in [0.717, 1.165) is 44.0 Å². The van der Waals surface area contributed by atoms with E-state index in [4.69, 9.17) is 4.74 Å². The summed E-state index contributed by atoms with van der Waals surface area (Å²) in [5, 5.41) is 5.81. The average Bonchev–Trinajstić information content (AvgIpc) is 2.72. The summed E-state index contributed by atoms with van der Waals surface area (Å²) in [4.78, 5) is 16.6. The second kappa shape index (κ2) is 9.99. The predicted octanol–water partition coefficient (Wildman–Crippen LogP) is 3.56. The fraction of sp³-hybridized carbons (Fsp3) is 0.409. The van der Waals surface area contributed by atoms with Crippen LogP contribution in [0.15, 0.2) is 54.6 Å². The van der Waals surface area contributed by atoms with Crippen LogP contribution in [0.3, 0.4) is 0 Å². The van der Waals surface area contributed by atoms with Gasteiger partial charge < -0.3 is 25.2 Å². The van der Waals surface area contributed by atoms with Gasteiger partial charge in [0.25, 0.3) is 0 Å². The summed E-state index contributed by atoms with van der Waals surface area (Å²) in [5.74, 6) is 0. The van der Waals surface area contributed by atoms with E-state index in [9.17, 15) is 4.79 Å². The van der Waals surface area contributed by atoms with Gasteiger partial charge in [0, 0.05) is 50.3 Å². The van der Waals surface area contributed by atoms with Gasteiger partial charge in [-0.1, -0.05) is 18.2 Å². The highest BCUT2D eigenvalue weighted by molar-refractivity contribution is 5.89.